The number of aromatic nitrogens is 2. The van der Waals surface area contributed by atoms with E-state index in [0.717, 1.165) is 28.1 Å². The molecule has 3 nitrogen and oxygen atoms in total. The maximum atomic E-state index is 13.3. The van der Waals surface area contributed by atoms with Gasteiger partial charge in [-0.1, -0.05) is 24.3 Å². The number of nitrogens with one attached hydrogen (secondary N) is 2. The molecule has 2 heterocycles. The maximum Gasteiger partial charge on any atom is 0.416 e. The fourth-order valence-corrected chi connectivity index (χ4v) is 3.28. The van der Waals surface area contributed by atoms with Gasteiger partial charge in [-0.2, -0.15) is 13.2 Å². The molecule has 2 aromatic heterocycles. The van der Waals surface area contributed by atoms with Crippen LogP contribution in [-0.4, -0.2) is 9.97 Å². The van der Waals surface area contributed by atoms with Gasteiger partial charge in [-0.15, -0.1) is 0 Å². The van der Waals surface area contributed by atoms with E-state index in [1.165, 1.54) is 12.1 Å². The third kappa shape index (κ3) is 3.58. The third-order valence-corrected chi connectivity index (χ3v) is 4.75. The Morgan fingerprint density at radius 1 is 0.964 bits per heavy atom. The summed E-state index contributed by atoms with van der Waals surface area (Å²) in [5.74, 6) is 0.638. The lowest BCUT2D eigenvalue weighted by molar-refractivity contribution is -0.137. The number of aromatic amines is 1. The molecule has 2 N–H and O–H groups in total. The molecule has 0 bridgehead atoms. The Morgan fingerprint density at radius 2 is 1.79 bits per heavy atom. The van der Waals surface area contributed by atoms with Crippen molar-refractivity contribution in [2.45, 2.75) is 19.1 Å². The maximum absolute atomic E-state index is 13.3. The van der Waals surface area contributed by atoms with Gasteiger partial charge >= 0.3 is 6.18 Å². The van der Waals surface area contributed by atoms with Gasteiger partial charge in [0.1, 0.15) is 5.82 Å². The van der Waals surface area contributed by atoms with E-state index in [0.29, 0.717) is 11.4 Å². The highest BCUT2D eigenvalue weighted by Gasteiger charge is 2.31. The van der Waals surface area contributed by atoms with E-state index in [-0.39, 0.29) is 0 Å². The van der Waals surface area contributed by atoms with E-state index in [4.69, 9.17) is 0 Å². The Balaban J connectivity index is 1.82. The van der Waals surface area contributed by atoms with Gasteiger partial charge in [-0.05, 0) is 65.4 Å². The summed E-state index contributed by atoms with van der Waals surface area (Å²) in [5, 5.41) is 4.32. The molecule has 4 rings (SSSR count). The Hall–Kier alpha value is -3.28. The Kier molecular flexibility index (Phi) is 4.55. The van der Waals surface area contributed by atoms with Gasteiger partial charge < -0.3 is 10.3 Å². The average molecular weight is 381 g/mol. The van der Waals surface area contributed by atoms with Gasteiger partial charge in [0.2, 0.25) is 0 Å². The number of aryl methyl sites for hydroxylation is 1. The van der Waals surface area contributed by atoms with Gasteiger partial charge in [0.15, 0.2) is 0 Å². The first-order chi connectivity index (χ1) is 13.4. The van der Waals surface area contributed by atoms with Gasteiger partial charge in [-0.25, -0.2) is 4.98 Å². The van der Waals surface area contributed by atoms with Gasteiger partial charge in [0.25, 0.3) is 0 Å². The highest BCUT2D eigenvalue weighted by atomic mass is 19.4. The molecular formula is C22H18F3N3. The zero-order valence-electron chi connectivity index (χ0n) is 15.1. The lowest BCUT2D eigenvalue weighted by Crippen LogP contribution is -2.15. The summed E-state index contributed by atoms with van der Waals surface area (Å²) in [4.78, 5) is 7.48. The third-order valence-electron chi connectivity index (χ3n) is 4.75. The number of hydrogen-bond acceptors (Lipinski definition) is 2. The summed E-state index contributed by atoms with van der Waals surface area (Å²) < 4.78 is 39.8. The van der Waals surface area contributed by atoms with Crippen LogP contribution in [0.2, 0.25) is 0 Å². The zero-order chi connectivity index (χ0) is 19.7. The largest absolute Gasteiger partial charge is 0.416 e. The van der Waals surface area contributed by atoms with Crippen molar-refractivity contribution in [3.05, 3.63) is 95.3 Å². The molecule has 1 unspecified atom stereocenters. The molecule has 28 heavy (non-hydrogen) atoms. The number of rotatable bonds is 4. The molecule has 1 atom stereocenters. The van der Waals surface area contributed by atoms with Crippen molar-refractivity contribution < 1.29 is 13.2 Å². The quantitative estimate of drug-likeness (QED) is 0.449. The second kappa shape index (κ2) is 7.03. The monoisotopic (exact) mass is 381 g/mol. The molecule has 6 heteroatoms. The van der Waals surface area contributed by atoms with Crippen LogP contribution in [0.1, 0.15) is 28.3 Å². The molecule has 0 fully saturated rings. The fourth-order valence-electron chi connectivity index (χ4n) is 3.28. The van der Waals surface area contributed by atoms with Crippen LogP contribution in [0.5, 0.6) is 0 Å². The van der Waals surface area contributed by atoms with E-state index in [1.54, 1.807) is 12.3 Å². The van der Waals surface area contributed by atoms with Crippen LogP contribution >= 0.6 is 0 Å². The molecule has 142 valence electrons. The molecular weight excluding hydrogens is 363 g/mol. The van der Waals surface area contributed by atoms with Crippen molar-refractivity contribution in [1.29, 1.82) is 0 Å². The number of anilines is 1. The number of pyridine rings is 1. The topological polar surface area (TPSA) is 40.7 Å². The van der Waals surface area contributed by atoms with E-state index < -0.39 is 17.8 Å². The van der Waals surface area contributed by atoms with E-state index in [2.05, 4.69) is 15.3 Å². The van der Waals surface area contributed by atoms with Crippen LogP contribution in [-0.2, 0) is 6.18 Å². The summed E-state index contributed by atoms with van der Waals surface area (Å²) in [5.41, 5.74) is 2.60. The van der Waals surface area contributed by atoms with E-state index in [9.17, 15) is 13.2 Å². The summed E-state index contributed by atoms with van der Waals surface area (Å²) in [6.45, 7) is 1.91. The number of hydrogen-bond donors (Lipinski definition) is 2. The molecule has 0 aliphatic carbocycles. The van der Waals surface area contributed by atoms with E-state index >= 15 is 0 Å². The highest BCUT2D eigenvalue weighted by molar-refractivity contribution is 5.80. The van der Waals surface area contributed by atoms with Crippen LogP contribution in [0.25, 0.3) is 10.9 Å². The van der Waals surface area contributed by atoms with Gasteiger partial charge in [0.05, 0.1) is 11.6 Å². The number of halogens is 3. The standard InChI is InChI=1S/C22H18F3N3/c1-14-4-3-10-27-21(14)28-20(16-5-2-6-18(13-16)22(23,24)25)17-7-8-19-15(12-17)9-11-26-19/h2-13,20,26H,1H3,(H,27,28). The molecule has 0 aliphatic heterocycles. The normalized spacial score (nSPS) is 12.9. The predicted octanol–water partition coefficient (Wildman–Crippen LogP) is 6.09. The summed E-state index contributed by atoms with van der Waals surface area (Å²) in [7, 11) is 0. The smallest absolute Gasteiger partial charge is 0.361 e. The summed E-state index contributed by atoms with van der Waals surface area (Å²) in [6, 6.07) is 16.4. The first-order valence-corrected chi connectivity index (χ1v) is 8.84. The van der Waals surface area contributed by atoms with Crippen molar-refractivity contribution in [1.82, 2.24) is 9.97 Å². The Morgan fingerprint density at radius 3 is 2.57 bits per heavy atom. The Bertz CT molecular complexity index is 1120. The van der Waals surface area contributed by atoms with Gasteiger partial charge in [0, 0.05) is 17.9 Å². The number of H-pyrrole nitrogens is 1. The molecule has 0 radical (unpaired) electrons. The molecule has 0 aliphatic rings. The van der Waals surface area contributed by atoms with Crippen molar-refractivity contribution in [3.8, 4) is 0 Å². The predicted molar refractivity (Wildman–Crippen MR) is 104 cm³/mol. The SMILES string of the molecule is Cc1cccnc1NC(c1cccc(C(F)(F)F)c1)c1ccc2[nH]ccc2c1. The fraction of sp³-hybridized carbons (Fsp3) is 0.136. The average Bonchev–Trinajstić information content (AvgIpc) is 3.14. The second-order valence-corrected chi connectivity index (χ2v) is 6.69. The minimum Gasteiger partial charge on any atom is -0.361 e. The molecule has 0 saturated heterocycles. The van der Waals surface area contributed by atoms with Crippen molar-refractivity contribution in [2.24, 2.45) is 0 Å². The van der Waals surface area contributed by atoms with Crippen LogP contribution in [0.4, 0.5) is 19.0 Å². The minimum absolute atomic E-state index is 0.477. The molecule has 2 aromatic carbocycles. The van der Waals surface area contributed by atoms with Crippen LogP contribution in [0.15, 0.2) is 73.1 Å². The van der Waals surface area contributed by atoms with Gasteiger partial charge in [-0.3, -0.25) is 0 Å². The number of alkyl halides is 3. The van der Waals surface area contributed by atoms with Crippen LogP contribution in [0, 0.1) is 6.92 Å². The first-order valence-electron chi connectivity index (χ1n) is 8.84. The first kappa shape index (κ1) is 18.1. The zero-order valence-corrected chi connectivity index (χ0v) is 15.1. The lowest BCUT2D eigenvalue weighted by Gasteiger charge is -2.22. The Labute approximate surface area is 160 Å². The summed E-state index contributed by atoms with van der Waals surface area (Å²) >= 11 is 0. The molecule has 4 aromatic rings. The molecule has 0 spiro atoms. The van der Waals surface area contributed by atoms with Crippen LogP contribution < -0.4 is 5.32 Å². The van der Waals surface area contributed by atoms with Crippen LogP contribution in [0.3, 0.4) is 0 Å². The second-order valence-electron chi connectivity index (χ2n) is 6.69. The number of nitrogens with zero attached hydrogens (tertiary/aromatic N) is 1. The minimum atomic E-state index is -4.40. The number of fused-ring (bicyclic) bond motifs is 1. The summed E-state index contributed by atoms with van der Waals surface area (Å²) in [6.07, 6.45) is -0.899. The van der Waals surface area contributed by atoms with Crippen molar-refractivity contribution in [2.75, 3.05) is 5.32 Å². The van der Waals surface area contributed by atoms with Crippen molar-refractivity contribution in [3.63, 3.8) is 0 Å². The number of benzene rings is 2. The lowest BCUT2D eigenvalue weighted by atomic mass is 9.95. The highest BCUT2D eigenvalue weighted by Crippen LogP contribution is 2.34. The molecule has 0 saturated carbocycles. The van der Waals surface area contributed by atoms with Crippen molar-refractivity contribution >= 4 is 16.7 Å². The molecule has 0 amide bonds. The van der Waals surface area contributed by atoms with E-state index in [1.807, 2.05) is 49.5 Å².